The van der Waals surface area contributed by atoms with Crippen LogP contribution in [-0.4, -0.2) is 44.1 Å². The van der Waals surface area contributed by atoms with Gasteiger partial charge in [0.1, 0.15) is 5.75 Å². The van der Waals surface area contributed by atoms with E-state index in [9.17, 15) is 13.5 Å². The second-order valence-electron chi connectivity index (χ2n) is 5.48. The fourth-order valence-electron chi connectivity index (χ4n) is 2.90. The van der Waals surface area contributed by atoms with Crippen molar-refractivity contribution >= 4 is 21.4 Å². The Bertz CT molecular complexity index is 569. The van der Waals surface area contributed by atoms with Crippen molar-refractivity contribution in [3.63, 3.8) is 0 Å². The van der Waals surface area contributed by atoms with Gasteiger partial charge in [-0.3, -0.25) is 0 Å². The van der Waals surface area contributed by atoms with Crippen LogP contribution in [0.3, 0.4) is 0 Å². The first kappa shape index (κ1) is 15.8. The van der Waals surface area contributed by atoms with E-state index in [1.54, 1.807) is 18.5 Å². The monoisotopic (exact) mass is 319 g/mol. The molecule has 0 radical (unpaired) electrons. The number of hydrogen-bond acceptors (Lipinski definition) is 5. The molecule has 2 atom stereocenters. The van der Waals surface area contributed by atoms with Crippen LogP contribution in [0, 0.1) is 5.92 Å². The molecule has 5 nitrogen and oxygen atoms in total. The molecule has 1 heterocycles. The van der Waals surface area contributed by atoms with E-state index in [0.717, 1.165) is 17.8 Å². The third kappa shape index (κ3) is 2.47. The zero-order valence-corrected chi connectivity index (χ0v) is 13.6. The van der Waals surface area contributed by atoms with Gasteiger partial charge in [-0.2, -0.15) is 4.31 Å². The Kier molecular flexibility index (Phi) is 4.44. The minimum atomic E-state index is -3.65. The Morgan fingerprint density at radius 2 is 2.30 bits per heavy atom. The number of likely N-dealkylation sites (N-methyl/N-ethyl adjacent to an activating group) is 1. The summed E-state index contributed by atoms with van der Waals surface area (Å²) in [6, 6.07) is 1.65. The number of ether oxygens (including phenoxy) is 1. The van der Waals surface area contributed by atoms with Gasteiger partial charge >= 0.3 is 0 Å². The molecule has 1 aliphatic carbocycles. The summed E-state index contributed by atoms with van der Waals surface area (Å²) in [4.78, 5) is 0. The maximum absolute atomic E-state index is 12.8. The van der Waals surface area contributed by atoms with Gasteiger partial charge in [0.15, 0.2) is 4.21 Å². The highest BCUT2D eigenvalue weighted by atomic mass is 32.2. The standard InChI is InChI=1S/C13H21NO4S2/c1-10-4-6-13(8-10,9-15)14(2)20(16,17)12-11(18-3)5-7-19-12/h5,7,10,15H,4,6,8-9H2,1-3H3/t10-,13-/m0/s1. The molecular formula is C13H21NO4S2. The summed E-state index contributed by atoms with van der Waals surface area (Å²) < 4.78 is 32.2. The molecular weight excluding hydrogens is 298 g/mol. The lowest BCUT2D eigenvalue weighted by molar-refractivity contribution is 0.108. The minimum Gasteiger partial charge on any atom is -0.494 e. The molecule has 0 amide bonds. The van der Waals surface area contributed by atoms with Gasteiger partial charge in [-0.15, -0.1) is 11.3 Å². The Morgan fingerprint density at radius 3 is 2.80 bits per heavy atom. The van der Waals surface area contributed by atoms with Crippen LogP contribution in [0.25, 0.3) is 0 Å². The van der Waals surface area contributed by atoms with E-state index in [4.69, 9.17) is 4.74 Å². The summed E-state index contributed by atoms with van der Waals surface area (Å²) in [7, 11) is -0.632. The van der Waals surface area contributed by atoms with Gasteiger partial charge in [0.05, 0.1) is 19.3 Å². The summed E-state index contributed by atoms with van der Waals surface area (Å²) in [6.45, 7) is 1.93. The Morgan fingerprint density at radius 1 is 1.60 bits per heavy atom. The van der Waals surface area contributed by atoms with Gasteiger partial charge in [0, 0.05) is 7.05 Å². The Balaban J connectivity index is 2.39. The molecule has 1 fully saturated rings. The van der Waals surface area contributed by atoms with Crippen molar-refractivity contribution in [3.05, 3.63) is 11.4 Å². The molecule has 1 aromatic heterocycles. The number of rotatable bonds is 5. The topological polar surface area (TPSA) is 66.8 Å². The van der Waals surface area contributed by atoms with Crippen LogP contribution in [-0.2, 0) is 10.0 Å². The lowest BCUT2D eigenvalue weighted by atomic mass is 9.98. The van der Waals surface area contributed by atoms with Crippen LogP contribution in [0.2, 0.25) is 0 Å². The molecule has 20 heavy (non-hydrogen) atoms. The van der Waals surface area contributed by atoms with E-state index < -0.39 is 15.6 Å². The highest BCUT2D eigenvalue weighted by Gasteiger charge is 2.46. The minimum absolute atomic E-state index is 0.152. The third-order valence-electron chi connectivity index (χ3n) is 4.20. The van der Waals surface area contributed by atoms with E-state index >= 15 is 0 Å². The van der Waals surface area contributed by atoms with Crippen LogP contribution >= 0.6 is 11.3 Å². The number of sulfonamides is 1. The number of methoxy groups -OCH3 is 1. The fraction of sp³-hybridized carbons (Fsp3) is 0.692. The van der Waals surface area contributed by atoms with E-state index in [1.165, 1.54) is 11.4 Å². The second kappa shape index (κ2) is 5.63. The van der Waals surface area contributed by atoms with Crippen LogP contribution in [0.4, 0.5) is 0 Å². The molecule has 2 rings (SSSR count). The van der Waals surface area contributed by atoms with Gasteiger partial charge in [-0.05, 0) is 36.6 Å². The molecule has 0 unspecified atom stereocenters. The van der Waals surface area contributed by atoms with Crippen LogP contribution < -0.4 is 4.74 Å². The first-order valence-corrected chi connectivity index (χ1v) is 8.91. The van der Waals surface area contributed by atoms with E-state index in [1.807, 2.05) is 0 Å². The molecule has 0 bridgehead atoms. The summed E-state index contributed by atoms with van der Waals surface area (Å²) in [5.74, 6) is 0.783. The molecule has 0 aromatic carbocycles. The molecule has 114 valence electrons. The predicted molar refractivity (Wildman–Crippen MR) is 78.7 cm³/mol. The maximum Gasteiger partial charge on any atom is 0.256 e. The van der Waals surface area contributed by atoms with Gasteiger partial charge in [0.25, 0.3) is 10.0 Å². The fourth-order valence-corrected chi connectivity index (χ4v) is 5.86. The zero-order valence-electron chi connectivity index (χ0n) is 12.0. The third-order valence-corrected chi connectivity index (χ3v) is 7.59. The van der Waals surface area contributed by atoms with Gasteiger partial charge < -0.3 is 9.84 Å². The average molecular weight is 319 g/mol. The summed E-state index contributed by atoms with van der Waals surface area (Å²) in [6.07, 6.45) is 2.31. The van der Waals surface area contributed by atoms with Crippen molar-refractivity contribution in [3.8, 4) is 5.75 Å². The number of hydrogen-bond donors (Lipinski definition) is 1. The smallest absolute Gasteiger partial charge is 0.256 e. The molecule has 0 saturated heterocycles. The summed E-state index contributed by atoms with van der Waals surface area (Å²) in [5.41, 5.74) is -0.687. The van der Waals surface area contributed by atoms with Crippen LogP contribution in [0.5, 0.6) is 5.75 Å². The van der Waals surface area contributed by atoms with Gasteiger partial charge in [-0.25, -0.2) is 8.42 Å². The molecule has 0 aliphatic heterocycles. The van der Waals surface area contributed by atoms with Crippen LogP contribution in [0.15, 0.2) is 15.7 Å². The van der Waals surface area contributed by atoms with Crippen molar-refractivity contribution in [1.29, 1.82) is 0 Å². The van der Waals surface area contributed by atoms with Crippen molar-refractivity contribution in [1.82, 2.24) is 4.31 Å². The van der Waals surface area contributed by atoms with Crippen LogP contribution in [0.1, 0.15) is 26.2 Å². The normalized spacial score (nSPS) is 27.1. The maximum atomic E-state index is 12.8. The number of nitrogens with zero attached hydrogens (tertiary/aromatic N) is 1. The number of aliphatic hydroxyl groups excluding tert-OH is 1. The highest BCUT2D eigenvalue weighted by molar-refractivity contribution is 7.91. The van der Waals surface area contributed by atoms with Gasteiger partial charge in [-0.1, -0.05) is 6.92 Å². The molecule has 1 saturated carbocycles. The quantitative estimate of drug-likeness (QED) is 0.900. The largest absolute Gasteiger partial charge is 0.494 e. The van der Waals surface area contributed by atoms with E-state index in [0.29, 0.717) is 24.5 Å². The van der Waals surface area contributed by atoms with Crippen molar-refractivity contribution in [2.75, 3.05) is 20.8 Å². The average Bonchev–Trinajstić information content (AvgIpc) is 3.04. The lowest BCUT2D eigenvalue weighted by Gasteiger charge is -2.36. The van der Waals surface area contributed by atoms with Crippen molar-refractivity contribution in [2.45, 2.75) is 35.9 Å². The van der Waals surface area contributed by atoms with Gasteiger partial charge in [0.2, 0.25) is 0 Å². The summed E-state index contributed by atoms with van der Waals surface area (Å²) in [5, 5.41) is 11.5. The summed E-state index contributed by atoms with van der Waals surface area (Å²) >= 11 is 1.14. The predicted octanol–water partition coefficient (Wildman–Crippen LogP) is 1.93. The first-order chi connectivity index (χ1) is 9.37. The van der Waals surface area contributed by atoms with E-state index in [-0.39, 0.29) is 10.8 Å². The Labute approximate surface area is 124 Å². The second-order valence-corrected chi connectivity index (χ2v) is 8.56. The SMILES string of the molecule is COc1ccsc1S(=O)(=O)N(C)[C@@]1(CO)CC[C@H](C)C1. The Hall–Kier alpha value is -0.630. The molecule has 1 N–H and O–H groups in total. The molecule has 7 heteroatoms. The lowest BCUT2D eigenvalue weighted by Crippen LogP contribution is -2.50. The van der Waals surface area contributed by atoms with Crippen molar-refractivity contribution in [2.24, 2.45) is 5.92 Å². The molecule has 0 spiro atoms. The number of aliphatic hydroxyl groups is 1. The van der Waals surface area contributed by atoms with Crippen molar-refractivity contribution < 1.29 is 18.3 Å². The number of thiophene rings is 1. The first-order valence-electron chi connectivity index (χ1n) is 6.59. The molecule has 1 aromatic rings. The zero-order chi connectivity index (χ0) is 15.0. The van der Waals surface area contributed by atoms with E-state index in [2.05, 4.69) is 6.92 Å². The molecule has 1 aliphatic rings. The highest BCUT2D eigenvalue weighted by Crippen LogP contribution is 2.42.